The minimum atomic E-state index is -0.986. The van der Waals surface area contributed by atoms with E-state index in [-0.39, 0.29) is 18.2 Å². The molecule has 4 N–H and O–H groups in total. The normalized spacial score (nSPS) is 29.8. The van der Waals surface area contributed by atoms with E-state index in [1.807, 2.05) is 29.3 Å². The highest BCUT2D eigenvalue weighted by Crippen LogP contribution is 2.25. The molecule has 2 heterocycles. The molecule has 0 aromatic heterocycles. The summed E-state index contributed by atoms with van der Waals surface area (Å²) in [4.78, 5) is 11.0. The smallest absolute Gasteiger partial charge is 0.160 e. The van der Waals surface area contributed by atoms with E-state index in [2.05, 4.69) is 11.0 Å². The maximum atomic E-state index is 11.0. The molecule has 2 aliphatic rings. The Morgan fingerprint density at radius 3 is 2.93 bits per heavy atom. The minimum absolute atomic E-state index is 0.0547. The lowest BCUT2D eigenvalue weighted by molar-refractivity contribution is -0.254. The number of hydrazine groups is 2. The number of aliphatic hydroxyl groups excluding tert-OH is 2. The summed E-state index contributed by atoms with van der Waals surface area (Å²) < 4.78 is 16.9. The van der Waals surface area contributed by atoms with E-state index in [1.54, 1.807) is 14.0 Å². The number of carbonyl (C=O) groups is 1. The van der Waals surface area contributed by atoms with Crippen molar-refractivity contribution in [1.82, 2.24) is 16.0 Å². The van der Waals surface area contributed by atoms with Gasteiger partial charge in [0.25, 0.3) is 0 Å². The zero-order valence-electron chi connectivity index (χ0n) is 17.6. The highest BCUT2D eigenvalue weighted by Gasteiger charge is 2.39. The lowest BCUT2D eigenvalue weighted by Gasteiger charge is -2.38. The molecule has 2 fully saturated rings. The Kier molecular flexibility index (Phi) is 8.58. The van der Waals surface area contributed by atoms with Crippen LogP contribution >= 0.6 is 0 Å². The molecule has 0 aliphatic carbocycles. The summed E-state index contributed by atoms with van der Waals surface area (Å²) in [5, 5.41) is 22.5. The molecule has 0 saturated carbocycles. The molecule has 1 aromatic rings. The number of unbranched alkanes of at least 4 members (excludes halogenated alkanes) is 1. The van der Waals surface area contributed by atoms with Gasteiger partial charge >= 0.3 is 0 Å². The van der Waals surface area contributed by atoms with E-state index >= 15 is 0 Å². The van der Waals surface area contributed by atoms with E-state index in [4.69, 9.17) is 14.2 Å². The Labute approximate surface area is 177 Å². The van der Waals surface area contributed by atoms with Gasteiger partial charge in [-0.3, -0.25) is 0 Å². The second kappa shape index (κ2) is 11.1. The minimum Gasteiger partial charge on any atom is -0.497 e. The summed E-state index contributed by atoms with van der Waals surface area (Å²) in [6.07, 6.45) is -0.765. The molecule has 3 rings (SSSR count). The first-order valence-corrected chi connectivity index (χ1v) is 10.5. The van der Waals surface area contributed by atoms with Crippen LogP contribution in [0.25, 0.3) is 0 Å². The van der Waals surface area contributed by atoms with Crippen molar-refractivity contribution >= 4 is 5.78 Å². The molecule has 9 nitrogen and oxygen atoms in total. The topological polar surface area (TPSA) is 113 Å². The first kappa shape index (κ1) is 23.1. The van der Waals surface area contributed by atoms with Crippen LogP contribution in [0, 0.1) is 0 Å². The third-order valence-corrected chi connectivity index (χ3v) is 5.46. The van der Waals surface area contributed by atoms with Gasteiger partial charge in [-0.1, -0.05) is 12.1 Å². The maximum Gasteiger partial charge on any atom is 0.160 e. The zero-order chi connectivity index (χ0) is 21.5. The third-order valence-electron chi connectivity index (χ3n) is 5.46. The Bertz CT molecular complexity index is 690. The molecule has 5 unspecified atom stereocenters. The van der Waals surface area contributed by atoms with Crippen molar-refractivity contribution in [3.63, 3.8) is 0 Å². The fraction of sp³-hybridized carbons (Fsp3) is 0.667. The highest BCUT2D eigenvalue weighted by atomic mass is 16.7. The van der Waals surface area contributed by atoms with E-state index in [1.165, 1.54) is 0 Å². The molecule has 5 atom stereocenters. The highest BCUT2D eigenvalue weighted by molar-refractivity contribution is 5.75. The van der Waals surface area contributed by atoms with Crippen LogP contribution in [0.2, 0.25) is 0 Å². The van der Waals surface area contributed by atoms with Crippen LogP contribution in [0.15, 0.2) is 24.3 Å². The van der Waals surface area contributed by atoms with Gasteiger partial charge in [0.1, 0.15) is 23.7 Å². The molecular formula is C21H33N3O6. The molecular weight excluding hydrogens is 390 g/mol. The van der Waals surface area contributed by atoms with Gasteiger partial charge in [0, 0.05) is 32.5 Å². The first-order chi connectivity index (χ1) is 14.5. The predicted molar refractivity (Wildman–Crippen MR) is 109 cm³/mol. The fourth-order valence-corrected chi connectivity index (χ4v) is 3.73. The number of Topliss-reactive ketones (excluding diaryl/α,β-unsaturated/α-hetero) is 1. The van der Waals surface area contributed by atoms with E-state index in [0.717, 1.165) is 24.2 Å². The van der Waals surface area contributed by atoms with Crippen molar-refractivity contribution in [3.8, 4) is 5.75 Å². The van der Waals surface area contributed by atoms with Crippen LogP contribution in [0.4, 0.5) is 0 Å². The van der Waals surface area contributed by atoms with E-state index < -0.39 is 24.6 Å². The average molecular weight is 424 g/mol. The number of ketones is 1. The van der Waals surface area contributed by atoms with Crippen molar-refractivity contribution in [3.05, 3.63) is 29.8 Å². The number of aliphatic hydroxyl groups is 2. The maximum absolute atomic E-state index is 11.0. The van der Waals surface area contributed by atoms with Crippen molar-refractivity contribution in [1.29, 1.82) is 0 Å². The number of nitrogens with one attached hydrogen (secondary N) is 2. The van der Waals surface area contributed by atoms with Crippen LogP contribution in [0.5, 0.6) is 5.75 Å². The summed E-state index contributed by atoms with van der Waals surface area (Å²) in [6, 6.07) is 7.91. The molecule has 2 aliphatic heterocycles. The monoisotopic (exact) mass is 423 g/mol. The number of hydrogen-bond donors (Lipinski definition) is 4. The molecule has 0 spiro atoms. The zero-order valence-corrected chi connectivity index (χ0v) is 17.6. The van der Waals surface area contributed by atoms with Gasteiger partial charge in [-0.15, -0.1) is 0 Å². The van der Waals surface area contributed by atoms with Crippen molar-refractivity contribution in [2.45, 2.75) is 63.3 Å². The third kappa shape index (κ3) is 6.45. The van der Waals surface area contributed by atoms with Gasteiger partial charge in [-0.2, -0.15) is 5.53 Å². The number of ether oxygens (including phenoxy) is 3. The number of carbonyl (C=O) groups excluding carboxylic acids is 1. The summed E-state index contributed by atoms with van der Waals surface area (Å²) in [6.45, 7) is 3.07. The lowest BCUT2D eigenvalue weighted by atomic mass is 10.0. The second-order valence-corrected chi connectivity index (χ2v) is 7.92. The Balaban J connectivity index is 1.47. The second-order valence-electron chi connectivity index (χ2n) is 7.92. The van der Waals surface area contributed by atoms with Gasteiger partial charge in [0.15, 0.2) is 6.29 Å². The SMILES string of the molecule is COc1cccc(C2CN(CC3OC(OCCCCC(C)=O)CC(O)C3O)NN2)c1. The van der Waals surface area contributed by atoms with Gasteiger partial charge in [-0.25, -0.2) is 10.4 Å². The summed E-state index contributed by atoms with van der Waals surface area (Å²) in [5.41, 5.74) is 7.41. The first-order valence-electron chi connectivity index (χ1n) is 10.5. The molecule has 30 heavy (non-hydrogen) atoms. The van der Waals surface area contributed by atoms with Crippen LogP contribution < -0.4 is 15.7 Å². The van der Waals surface area contributed by atoms with Crippen LogP contribution in [-0.2, 0) is 14.3 Å². The largest absolute Gasteiger partial charge is 0.497 e. The van der Waals surface area contributed by atoms with Gasteiger partial charge in [0.2, 0.25) is 0 Å². The fourth-order valence-electron chi connectivity index (χ4n) is 3.73. The van der Waals surface area contributed by atoms with Crippen LogP contribution in [-0.4, -0.2) is 72.4 Å². The number of rotatable bonds is 10. The predicted octanol–water partition coefficient (Wildman–Crippen LogP) is 0.674. The van der Waals surface area contributed by atoms with Crippen LogP contribution in [0.3, 0.4) is 0 Å². The molecule has 0 amide bonds. The molecule has 1 aromatic carbocycles. The summed E-state index contributed by atoms with van der Waals surface area (Å²) in [5.74, 6) is 0.965. The molecule has 0 bridgehead atoms. The van der Waals surface area contributed by atoms with E-state index in [9.17, 15) is 15.0 Å². The van der Waals surface area contributed by atoms with Gasteiger partial charge in [-0.05, 0) is 37.5 Å². The van der Waals surface area contributed by atoms with Crippen molar-refractivity contribution in [2.24, 2.45) is 0 Å². The number of methoxy groups -OCH3 is 1. The standard InChI is InChI=1S/C21H33N3O6/c1-14(25)6-3-4-9-29-20-11-18(26)21(27)19(30-20)13-24-12-17(22-23-24)15-7-5-8-16(10-15)28-2/h5,7-8,10,17-23,26-27H,3-4,6,9,11-13H2,1-2H3. The average Bonchev–Trinajstić information content (AvgIpc) is 3.19. The molecule has 2 saturated heterocycles. The Morgan fingerprint density at radius 2 is 2.17 bits per heavy atom. The summed E-state index contributed by atoms with van der Waals surface area (Å²) in [7, 11) is 1.64. The van der Waals surface area contributed by atoms with Crippen molar-refractivity contribution in [2.75, 3.05) is 26.8 Å². The quantitative estimate of drug-likeness (QED) is 0.404. The Morgan fingerprint density at radius 1 is 1.33 bits per heavy atom. The molecule has 0 radical (unpaired) electrons. The number of benzene rings is 1. The lowest BCUT2D eigenvalue weighted by Crippen LogP contribution is -2.54. The molecule has 168 valence electrons. The number of nitrogens with zero attached hydrogens (tertiary/aromatic N) is 1. The van der Waals surface area contributed by atoms with Crippen molar-refractivity contribution < 1.29 is 29.2 Å². The van der Waals surface area contributed by atoms with E-state index in [0.29, 0.717) is 26.1 Å². The van der Waals surface area contributed by atoms with Gasteiger partial charge < -0.3 is 29.2 Å². The number of hydrogen-bond acceptors (Lipinski definition) is 9. The van der Waals surface area contributed by atoms with Gasteiger partial charge in [0.05, 0.1) is 19.3 Å². The van der Waals surface area contributed by atoms with Crippen LogP contribution in [0.1, 0.15) is 44.2 Å². The molecule has 9 heteroatoms. The Hall–Kier alpha value is -1.59. The summed E-state index contributed by atoms with van der Waals surface area (Å²) >= 11 is 0.